The van der Waals surface area contributed by atoms with Crippen LogP contribution in [0.5, 0.6) is 0 Å². The summed E-state index contributed by atoms with van der Waals surface area (Å²) in [5, 5.41) is 0. The van der Waals surface area contributed by atoms with Crippen LogP contribution in [0.1, 0.15) is 65.2 Å². The van der Waals surface area contributed by atoms with Gasteiger partial charge in [0.05, 0.1) is 6.61 Å². The number of esters is 1. The summed E-state index contributed by atoms with van der Waals surface area (Å²) in [6, 6.07) is 0. The van der Waals surface area contributed by atoms with Crippen molar-refractivity contribution in [2.24, 2.45) is 11.8 Å². The number of rotatable bonds is 7. The van der Waals surface area contributed by atoms with Gasteiger partial charge < -0.3 is 4.74 Å². The van der Waals surface area contributed by atoms with Crippen LogP contribution in [0.15, 0.2) is 0 Å². The molecule has 1 aliphatic rings. The molecular formula is C14H26O2. The summed E-state index contributed by atoms with van der Waals surface area (Å²) in [5.41, 5.74) is 0. The Hall–Kier alpha value is -0.530. The third-order valence-electron chi connectivity index (χ3n) is 3.54. The lowest BCUT2D eigenvalue weighted by atomic mass is 10.0. The van der Waals surface area contributed by atoms with Gasteiger partial charge in [0.2, 0.25) is 0 Å². The van der Waals surface area contributed by atoms with Crippen LogP contribution < -0.4 is 0 Å². The molecule has 1 rings (SSSR count). The molecule has 0 saturated heterocycles. The van der Waals surface area contributed by atoms with Crippen LogP contribution in [0.2, 0.25) is 0 Å². The predicted octanol–water partition coefficient (Wildman–Crippen LogP) is 3.94. The van der Waals surface area contributed by atoms with Crippen molar-refractivity contribution >= 4 is 5.97 Å². The topological polar surface area (TPSA) is 26.3 Å². The van der Waals surface area contributed by atoms with Gasteiger partial charge in [0.15, 0.2) is 0 Å². The van der Waals surface area contributed by atoms with Gasteiger partial charge in [0, 0.05) is 6.42 Å². The standard InChI is InChI=1S/C14H26O2/c1-3-6-12(2)11-16-14(15)10-9-13-7-4-5-8-13/h12-13H,3-11H2,1-2H3. The Morgan fingerprint density at radius 2 is 2.06 bits per heavy atom. The molecule has 0 aromatic heterocycles. The molecule has 0 radical (unpaired) electrons. The van der Waals surface area contributed by atoms with Crippen LogP contribution in [0.3, 0.4) is 0 Å². The number of hydrogen-bond acceptors (Lipinski definition) is 2. The number of carbonyl (C=O) groups is 1. The molecule has 1 fully saturated rings. The first-order valence-corrected chi connectivity index (χ1v) is 6.88. The monoisotopic (exact) mass is 226 g/mol. The maximum atomic E-state index is 11.5. The van der Waals surface area contributed by atoms with E-state index in [9.17, 15) is 4.79 Å². The fraction of sp³-hybridized carbons (Fsp3) is 0.929. The van der Waals surface area contributed by atoms with E-state index in [1.807, 2.05) is 0 Å². The summed E-state index contributed by atoms with van der Waals surface area (Å²) in [5.74, 6) is 1.32. The fourth-order valence-corrected chi connectivity index (χ4v) is 2.50. The molecule has 0 aliphatic heterocycles. The molecule has 1 unspecified atom stereocenters. The first-order chi connectivity index (χ1) is 7.72. The molecule has 0 bridgehead atoms. The molecule has 0 aromatic rings. The van der Waals surface area contributed by atoms with Gasteiger partial charge in [-0.25, -0.2) is 0 Å². The molecule has 0 heterocycles. The smallest absolute Gasteiger partial charge is 0.305 e. The summed E-state index contributed by atoms with van der Waals surface area (Å²) < 4.78 is 5.28. The minimum Gasteiger partial charge on any atom is -0.465 e. The highest BCUT2D eigenvalue weighted by atomic mass is 16.5. The normalized spacial score (nSPS) is 18.6. The minimum atomic E-state index is 0.00912. The average Bonchev–Trinajstić information content (AvgIpc) is 2.77. The molecule has 0 N–H and O–H groups in total. The maximum Gasteiger partial charge on any atom is 0.305 e. The Bertz CT molecular complexity index is 195. The van der Waals surface area contributed by atoms with Crippen LogP contribution in [0, 0.1) is 11.8 Å². The molecule has 0 aromatic carbocycles. The van der Waals surface area contributed by atoms with Gasteiger partial charge in [-0.15, -0.1) is 0 Å². The van der Waals surface area contributed by atoms with E-state index >= 15 is 0 Å². The van der Waals surface area contributed by atoms with Crippen molar-refractivity contribution in [3.05, 3.63) is 0 Å². The fourth-order valence-electron chi connectivity index (χ4n) is 2.50. The summed E-state index contributed by atoms with van der Waals surface area (Å²) in [6.45, 7) is 4.92. The van der Waals surface area contributed by atoms with Gasteiger partial charge >= 0.3 is 5.97 Å². The average molecular weight is 226 g/mol. The largest absolute Gasteiger partial charge is 0.465 e. The molecule has 1 aliphatic carbocycles. The van der Waals surface area contributed by atoms with E-state index in [-0.39, 0.29) is 5.97 Å². The van der Waals surface area contributed by atoms with Crippen molar-refractivity contribution in [3.63, 3.8) is 0 Å². The minimum absolute atomic E-state index is 0.00912. The second-order valence-corrected chi connectivity index (χ2v) is 5.27. The van der Waals surface area contributed by atoms with E-state index in [4.69, 9.17) is 4.74 Å². The first-order valence-electron chi connectivity index (χ1n) is 6.88. The second kappa shape index (κ2) is 7.70. The van der Waals surface area contributed by atoms with E-state index in [1.54, 1.807) is 0 Å². The van der Waals surface area contributed by atoms with Crippen LogP contribution in [0.25, 0.3) is 0 Å². The highest BCUT2D eigenvalue weighted by molar-refractivity contribution is 5.69. The van der Waals surface area contributed by atoms with E-state index in [1.165, 1.54) is 32.1 Å². The van der Waals surface area contributed by atoms with Gasteiger partial charge in [-0.2, -0.15) is 0 Å². The van der Waals surface area contributed by atoms with Crippen molar-refractivity contribution in [1.29, 1.82) is 0 Å². The molecule has 2 heteroatoms. The van der Waals surface area contributed by atoms with E-state index in [0.29, 0.717) is 18.9 Å². The van der Waals surface area contributed by atoms with Crippen molar-refractivity contribution in [1.82, 2.24) is 0 Å². The number of carbonyl (C=O) groups excluding carboxylic acids is 1. The quantitative estimate of drug-likeness (QED) is 0.615. The van der Waals surface area contributed by atoms with Crippen molar-refractivity contribution in [2.45, 2.75) is 65.2 Å². The van der Waals surface area contributed by atoms with E-state index in [2.05, 4.69) is 13.8 Å². The molecule has 2 nitrogen and oxygen atoms in total. The zero-order valence-electron chi connectivity index (χ0n) is 10.8. The van der Waals surface area contributed by atoms with Gasteiger partial charge in [-0.3, -0.25) is 4.79 Å². The Labute approximate surface area is 99.8 Å². The van der Waals surface area contributed by atoms with Crippen LogP contribution in [0.4, 0.5) is 0 Å². The molecule has 94 valence electrons. The lowest BCUT2D eigenvalue weighted by Crippen LogP contribution is -2.12. The van der Waals surface area contributed by atoms with E-state index in [0.717, 1.165) is 18.8 Å². The van der Waals surface area contributed by atoms with Crippen molar-refractivity contribution < 1.29 is 9.53 Å². The molecular weight excluding hydrogens is 200 g/mol. The highest BCUT2D eigenvalue weighted by Crippen LogP contribution is 2.28. The first kappa shape index (κ1) is 13.5. The van der Waals surface area contributed by atoms with Crippen LogP contribution >= 0.6 is 0 Å². The molecule has 0 spiro atoms. The van der Waals surface area contributed by atoms with Crippen LogP contribution in [-0.2, 0) is 9.53 Å². The van der Waals surface area contributed by atoms with Gasteiger partial charge in [-0.1, -0.05) is 46.0 Å². The molecule has 16 heavy (non-hydrogen) atoms. The zero-order valence-corrected chi connectivity index (χ0v) is 10.8. The summed E-state index contributed by atoms with van der Waals surface area (Å²) in [6.07, 6.45) is 9.33. The zero-order chi connectivity index (χ0) is 11.8. The third kappa shape index (κ3) is 5.53. The Balaban J connectivity index is 2.01. The molecule has 0 amide bonds. The number of ether oxygens (including phenoxy) is 1. The Kier molecular flexibility index (Phi) is 6.51. The highest BCUT2D eigenvalue weighted by Gasteiger charge is 2.16. The summed E-state index contributed by atoms with van der Waals surface area (Å²) >= 11 is 0. The van der Waals surface area contributed by atoms with Crippen LogP contribution in [-0.4, -0.2) is 12.6 Å². The Morgan fingerprint density at radius 1 is 1.38 bits per heavy atom. The van der Waals surface area contributed by atoms with Gasteiger partial charge in [-0.05, 0) is 24.7 Å². The summed E-state index contributed by atoms with van der Waals surface area (Å²) in [7, 11) is 0. The second-order valence-electron chi connectivity index (χ2n) is 5.27. The Morgan fingerprint density at radius 3 is 2.69 bits per heavy atom. The lowest BCUT2D eigenvalue weighted by molar-refractivity contribution is -0.145. The lowest BCUT2D eigenvalue weighted by Gasteiger charge is -2.12. The van der Waals surface area contributed by atoms with Gasteiger partial charge in [0.1, 0.15) is 0 Å². The van der Waals surface area contributed by atoms with E-state index < -0.39 is 0 Å². The third-order valence-corrected chi connectivity index (χ3v) is 3.54. The van der Waals surface area contributed by atoms with Crippen molar-refractivity contribution in [2.75, 3.05) is 6.61 Å². The SMILES string of the molecule is CCCC(C)COC(=O)CCC1CCCC1. The number of hydrogen-bond donors (Lipinski definition) is 0. The van der Waals surface area contributed by atoms with Crippen molar-refractivity contribution in [3.8, 4) is 0 Å². The molecule has 1 saturated carbocycles. The summed E-state index contributed by atoms with van der Waals surface area (Å²) in [4.78, 5) is 11.5. The van der Waals surface area contributed by atoms with Gasteiger partial charge in [0.25, 0.3) is 0 Å². The maximum absolute atomic E-state index is 11.5. The molecule has 1 atom stereocenters. The predicted molar refractivity (Wildman–Crippen MR) is 66.2 cm³/mol.